The Morgan fingerprint density at radius 2 is 2.18 bits per heavy atom. The first kappa shape index (κ1) is 13.7. The van der Waals surface area contributed by atoms with Gasteiger partial charge in [-0.1, -0.05) is 25.1 Å². The maximum Gasteiger partial charge on any atom is 0.322 e. The van der Waals surface area contributed by atoms with Crippen LogP contribution in [0.25, 0.3) is 0 Å². The van der Waals surface area contributed by atoms with Crippen molar-refractivity contribution in [3.05, 3.63) is 15.8 Å². The van der Waals surface area contributed by atoms with E-state index in [4.69, 9.17) is 0 Å². The summed E-state index contributed by atoms with van der Waals surface area (Å²) in [6.45, 7) is 3.71. The summed E-state index contributed by atoms with van der Waals surface area (Å²) < 4.78 is 0. The molecule has 1 heterocycles. The summed E-state index contributed by atoms with van der Waals surface area (Å²) in [5.41, 5.74) is 0.415. The number of hydrogen-bond donors (Lipinski definition) is 1. The van der Waals surface area contributed by atoms with Crippen molar-refractivity contribution >= 4 is 23.4 Å². The molecular weight excluding hydrogens is 240 g/mol. The molecule has 0 aromatic carbocycles. The van der Waals surface area contributed by atoms with Crippen LogP contribution < -0.4 is 5.32 Å². The van der Waals surface area contributed by atoms with Crippen molar-refractivity contribution < 1.29 is 4.92 Å². The second-order valence-electron chi connectivity index (χ2n) is 3.50. The van der Waals surface area contributed by atoms with E-state index in [-0.39, 0.29) is 5.69 Å². The number of nitro groups is 1. The molecule has 0 saturated carbocycles. The Kier molecular flexibility index (Phi) is 5.14. The Labute approximate surface area is 104 Å². The van der Waals surface area contributed by atoms with E-state index >= 15 is 0 Å². The first-order valence-electron chi connectivity index (χ1n) is 5.43. The van der Waals surface area contributed by atoms with Gasteiger partial charge in [-0.3, -0.25) is 10.1 Å². The third-order valence-electron chi connectivity index (χ3n) is 2.17. The Balaban J connectivity index is 3.04. The van der Waals surface area contributed by atoms with Gasteiger partial charge < -0.3 is 5.32 Å². The molecule has 17 heavy (non-hydrogen) atoms. The van der Waals surface area contributed by atoms with E-state index in [1.54, 1.807) is 14.0 Å². The Bertz CT molecular complexity index is 412. The van der Waals surface area contributed by atoms with Gasteiger partial charge in [0.05, 0.1) is 4.92 Å². The predicted molar refractivity (Wildman–Crippen MR) is 68.6 cm³/mol. The van der Waals surface area contributed by atoms with Gasteiger partial charge in [-0.05, 0) is 19.1 Å². The lowest BCUT2D eigenvalue weighted by atomic mass is 10.4. The fourth-order valence-electron chi connectivity index (χ4n) is 1.28. The molecule has 0 radical (unpaired) electrons. The van der Waals surface area contributed by atoms with Gasteiger partial charge in [0.15, 0.2) is 5.03 Å². The number of aryl methyl sites for hydroxylation is 1. The molecule has 1 aromatic rings. The minimum atomic E-state index is -0.414. The molecule has 0 fully saturated rings. The van der Waals surface area contributed by atoms with Crippen molar-refractivity contribution in [2.45, 2.75) is 31.7 Å². The number of thioether (sulfide) groups is 1. The lowest BCUT2D eigenvalue weighted by Gasteiger charge is -2.06. The molecule has 0 unspecified atom stereocenters. The van der Waals surface area contributed by atoms with Gasteiger partial charge in [-0.25, -0.2) is 4.98 Å². The van der Waals surface area contributed by atoms with Crippen LogP contribution in [-0.4, -0.2) is 27.7 Å². The van der Waals surface area contributed by atoms with Crippen LogP contribution in [0.5, 0.6) is 0 Å². The van der Waals surface area contributed by atoms with E-state index in [0.29, 0.717) is 16.7 Å². The number of nitrogens with zero attached hydrogens (tertiary/aromatic N) is 3. The van der Waals surface area contributed by atoms with Crippen molar-refractivity contribution in [3.63, 3.8) is 0 Å². The second-order valence-corrected chi connectivity index (χ2v) is 4.58. The van der Waals surface area contributed by atoms with Crippen molar-refractivity contribution in [2.24, 2.45) is 0 Å². The number of rotatable bonds is 6. The Hall–Kier alpha value is -1.37. The van der Waals surface area contributed by atoms with Gasteiger partial charge >= 0.3 is 5.69 Å². The number of nitrogens with one attached hydrogen (secondary N) is 1. The maximum atomic E-state index is 11.0. The highest BCUT2D eigenvalue weighted by Crippen LogP contribution is 2.30. The van der Waals surface area contributed by atoms with Crippen LogP contribution in [0.4, 0.5) is 11.6 Å². The van der Waals surface area contributed by atoms with Crippen LogP contribution in [0.3, 0.4) is 0 Å². The monoisotopic (exact) mass is 256 g/mol. The van der Waals surface area contributed by atoms with Crippen LogP contribution >= 0.6 is 11.8 Å². The fourth-order valence-corrected chi connectivity index (χ4v) is 2.41. The number of hydrogen-bond acceptors (Lipinski definition) is 6. The highest BCUT2D eigenvalue weighted by molar-refractivity contribution is 7.99. The van der Waals surface area contributed by atoms with Gasteiger partial charge in [-0.2, -0.15) is 4.98 Å². The predicted octanol–water partition coefficient (Wildman–Crippen LogP) is 2.63. The van der Waals surface area contributed by atoms with Crippen LogP contribution in [0.2, 0.25) is 0 Å². The van der Waals surface area contributed by atoms with Crippen molar-refractivity contribution in [1.82, 2.24) is 9.97 Å². The average molecular weight is 256 g/mol. The molecule has 0 aliphatic heterocycles. The third-order valence-corrected chi connectivity index (χ3v) is 3.22. The van der Waals surface area contributed by atoms with Gasteiger partial charge in [0.25, 0.3) is 0 Å². The lowest BCUT2D eigenvalue weighted by molar-refractivity contribution is -0.389. The third kappa shape index (κ3) is 3.55. The number of unbranched alkanes of at least 4 members (excludes halogenated alkanes) is 1. The molecule has 0 spiro atoms. The first-order chi connectivity index (χ1) is 8.10. The Morgan fingerprint density at radius 3 is 2.71 bits per heavy atom. The van der Waals surface area contributed by atoms with Crippen LogP contribution in [0.15, 0.2) is 5.03 Å². The summed E-state index contributed by atoms with van der Waals surface area (Å²) in [5, 5.41) is 14.2. The Morgan fingerprint density at radius 1 is 1.47 bits per heavy atom. The zero-order valence-corrected chi connectivity index (χ0v) is 11.0. The van der Waals surface area contributed by atoms with Crippen LogP contribution in [0.1, 0.15) is 25.5 Å². The summed E-state index contributed by atoms with van der Waals surface area (Å²) >= 11 is 1.41. The van der Waals surface area contributed by atoms with E-state index in [9.17, 15) is 10.1 Å². The zero-order valence-electron chi connectivity index (χ0n) is 10.2. The van der Waals surface area contributed by atoms with Gasteiger partial charge in [0, 0.05) is 7.05 Å². The van der Waals surface area contributed by atoms with E-state index in [1.165, 1.54) is 11.8 Å². The average Bonchev–Trinajstić information content (AvgIpc) is 2.28. The van der Waals surface area contributed by atoms with Crippen molar-refractivity contribution in [1.29, 1.82) is 0 Å². The van der Waals surface area contributed by atoms with Gasteiger partial charge in [0.2, 0.25) is 5.95 Å². The molecule has 6 nitrogen and oxygen atoms in total. The molecule has 7 heteroatoms. The van der Waals surface area contributed by atoms with Crippen LogP contribution in [-0.2, 0) is 0 Å². The number of anilines is 1. The molecular formula is C10H16N4O2S. The molecule has 1 rings (SSSR count). The normalized spacial score (nSPS) is 10.3. The van der Waals surface area contributed by atoms with Crippen molar-refractivity contribution in [3.8, 4) is 0 Å². The zero-order chi connectivity index (χ0) is 12.8. The quantitative estimate of drug-likeness (QED) is 0.277. The molecule has 1 N–H and O–H groups in total. The fraction of sp³-hybridized carbons (Fsp3) is 0.600. The van der Waals surface area contributed by atoms with Crippen molar-refractivity contribution in [2.75, 3.05) is 18.1 Å². The molecule has 0 aliphatic carbocycles. The summed E-state index contributed by atoms with van der Waals surface area (Å²) in [6.07, 6.45) is 2.07. The van der Waals surface area contributed by atoms with E-state index in [2.05, 4.69) is 22.2 Å². The second kappa shape index (κ2) is 6.39. The number of aromatic nitrogens is 2. The molecule has 0 saturated heterocycles. The molecule has 0 amide bonds. The van der Waals surface area contributed by atoms with Crippen LogP contribution in [0, 0.1) is 17.0 Å². The largest absolute Gasteiger partial charge is 0.357 e. The summed E-state index contributed by atoms with van der Waals surface area (Å²) in [5.74, 6) is 1.25. The topological polar surface area (TPSA) is 81.0 Å². The maximum absolute atomic E-state index is 11.0. The molecule has 94 valence electrons. The highest BCUT2D eigenvalue weighted by atomic mass is 32.2. The first-order valence-corrected chi connectivity index (χ1v) is 6.42. The molecule has 0 bridgehead atoms. The standard InChI is InChI=1S/C10H16N4O2S/c1-4-5-6-17-9-8(14(15)16)7(2)12-10(11-3)13-9/h4-6H2,1-3H3,(H,11,12,13). The SMILES string of the molecule is CCCCSc1nc(NC)nc(C)c1[N+](=O)[O-]. The lowest BCUT2D eigenvalue weighted by Crippen LogP contribution is -2.04. The minimum absolute atomic E-state index is 0.0186. The van der Waals surface area contributed by atoms with Gasteiger partial charge in [-0.15, -0.1) is 0 Å². The molecule has 0 aliphatic rings. The molecule has 1 aromatic heterocycles. The molecule has 0 atom stereocenters. The summed E-state index contributed by atoms with van der Waals surface area (Å²) in [6, 6.07) is 0. The van der Waals surface area contributed by atoms with E-state index < -0.39 is 4.92 Å². The summed E-state index contributed by atoms with van der Waals surface area (Å²) in [7, 11) is 1.70. The highest BCUT2D eigenvalue weighted by Gasteiger charge is 2.21. The van der Waals surface area contributed by atoms with E-state index in [1.807, 2.05) is 0 Å². The summed E-state index contributed by atoms with van der Waals surface area (Å²) in [4.78, 5) is 18.7. The van der Waals surface area contributed by atoms with Gasteiger partial charge in [0.1, 0.15) is 5.69 Å². The van der Waals surface area contributed by atoms with E-state index in [0.717, 1.165) is 18.6 Å². The minimum Gasteiger partial charge on any atom is -0.357 e. The smallest absolute Gasteiger partial charge is 0.322 e.